The van der Waals surface area contributed by atoms with Gasteiger partial charge in [0.25, 0.3) is 0 Å². The van der Waals surface area contributed by atoms with E-state index in [2.05, 4.69) is 36.1 Å². The van der Waals surface area contributed by atoms with Crippen molar-refractivity contribution in [3.8, 4) is 0 Å². The zero-order valence-corrected chi connectivity index (χ0v) is 17.3. The quantitative estimate of drug-likeness (QED) is 0.259. The maximum absolute atomic E-state index is 6.01. The minimum absolute atomic E-state index is 0.308. The fourth-order valence-electron chi connectivity index (χ4n) is 2.74. The van der Waals surface area contributed by atoms with Gasteiger partial charge in [0.15, 0.2) is 0 Å². The van der Waals surface area contributed by atoms with Crippen LogP contribution < -0.4 is 16.1 Å². The Morgan fingerprint density at radius 2 is 1.48 bits per heavy atom. The minimum Gasteiger partial charge on any atom is -0.350 e. The van der Waals surface area contributed by atoms with Crippen molar-refractivity contribution in [2.24, 2.45) is 5.10 Å². The number of hydrazone groups is 1. The van der Waals surface area contributed by atoms with E-state index in [1.54, 1.807) is 6.21 Å². The normalized spacial score (nSPS) is 10.7. The van der Waals surface area contributed by atoms with Crippen LogP contribution in [0.4, 0.5) is 23.5 Å². The van der Waals surface area contributed by atoms with E-state index in [4.69, 9.17) is 11.6 Å². The van der Waals surface area contributed by atoms with Crippen LogP contribution in [-0.2, 0) is 6.54 Å². The van der Waals surface area contributed by atoms with Crippen molar-refractivity contribution in [1.29, 1.82) is 0 Å². The van der Waals surface area contributed by atoms with Gasteiger partial charge in [0, 0.05) is 17.3 Å². The van der Waals surface area contributed by atoms with E-state index in [9.17, 15) is 0 Å². The van der Waals surface area contributed by atoms with Gasteiger partial charge in [0.2, 0.25) is 17.8 Å². The largest absolute Gasteiger partial charge is 0.350 e. The molecule has 0 aliphatic heterocycles. The summed E-state index contributed by atoms with van der Waals surface area (Å²) >= 11 is 6.01. The summed E-state index contributed by atoms with van der Waals surface area (Å²) in [6.07, 6.45) is 1.65. The highest BCUT2D eigenvalue weighted by atomic mass is 35.5. The van der Waals surface area contributed by atoms with Crippen molar-refractivity contribution in [3.63, 3.8) is 0 Å². The van der Waals surface area contributed by atoms with E-state index >= 15 is 0 Å². The van der Waals surface area contributed by atoms with Gasteiger partial charge in [-0.15, -0.1) is 0 Å². The first-order chi connectivity index (χ1) is 15.2. The molecule has 0 unspecified atom stereocenters. The van der Waals surface area contributed by atoms with Gasteiger partial charge in [-0.25, -0.2) is 5.43 Å². The molecule has 0 atom stereocenters. The van der Waals surface area contributed by atoms with Crippen LogP contribution in [0.1, 0.15) is 11.1 Å². The molecule has 1 aromatic heterocycles. The van der Waals surface area contributed by atoms with Crippen LogP contribution in [0.2, 0.25) is 5.02 Å². The van der Waals surface area contributed by atoms with Gasteiger partial charge in [0.1, 0.15) is 0 Å². The molecule has 0 radical (unpaired) electrons. The number of rotatable bonds is 8. The summed E-state index contributed by atoms with van der Waals surface area (Å²) < 4.78 is 0. The molecular weight excluding hydrogens is 410 g/mol. The Morgan fingerprint density at radius 3 is 2.26 bits per heavy atom. The first-order valence-corrected chi connectivity index (χ1v) is 10.0. The number of hydrogen-bond donors (Lipinski definition) is 3. The molecule has 0 saturated heterocycles. The topological polar surface area (TPSA) is 87.1 Å². The number of hydrogen-bond acceptors (Lipinski definition) is 7. The zero-order chi connectivity index (χ0) is 21.3. The summed E-state index contributed by atoms with van der Waals surface area (Å²) in [5, 5.41) is 11.3. The molecule has 0 aliphatic rings. The van der Waals surface area contributed by atoms with Crippen molar-refractivity contribution in [3.05, 3.63) is 101 Å². The van der Waals surface area contributed by atoms with Crippen molar-refractivity contribution < 1.29 is 0 Å². The van der Waals surface area contributed by atoms with Gasteiger partial charge in [0.05, 0.1) is 6.21 Å². The third-order valence-corrected chi connectivity index (χ3v) is 4.42. The second kappa shape index (κ2) is 10.2. The van der Waals surface area contributed by atoms with Crippen molar-refractivity contribution >= 4 is 41.3 Å². The zero-order valence-electron chi connectivity index (χ0n) is 16.5. The number of nitrogens with one attached hydrogen (secondary N) is 3. The summed E-state index contributed by atoms with van der Waals surface area (Å²) in [7, 11) is 0. The number of aromatic nitrogens is 3. The molecule has 4 aromatic rings. The van der Waals surface area contributed by atoms with Gasteiger partial charge in [-0.05, 0) is 35.4 Å². The summed E-state index contributed by atoms with van der Waals surface area (Å²) in [4.78, 5) is 13.3. The average molecular weight is 430 g/mol. The molecule has 0 spiro atoms. The van der Waals surface area contributed by atoms with Crippen LogP contribution in [-0.4, -0.2) is 21.2 Å². The molecule has 4 rings (SSSR count). The summed E-state index contributed by atoms with van der Waals surface area (Å²) in [5.74, 6) is 1.14. The Kier molecular flexibility index (Phi) is 6.67. The molecule has 1 heterocycles. The third-order valence-electron chi connectivity index (χ3n) is 4.19. The van der Waals surface area contributed by atoms with Crippen LogP contribution in [0.5, 0.6) is 0 Å². The van der Waals surface area contributed by atoms with Crippen molar-refractivity contribution in [2.75, 3.05) is 16.1 Å². The highest BCUT2D eigenvalue weighted by molar-refractivity contribution is 6.30. The fraction of sp³-hybridized carbons (Fsp3) is 0.0435. The van der Waals surface area contributed by atoms with Crippen LogP contribution in [0.3, 0.4) is 0 Å². The molecule has 31 heavy (non-hydrogen) atoms. The first kappa shape index (κ1) is 20.3. The predicted molar refractivity (Wildman–Crippen MR) is 126 cm³/mol. The third kappa shape index (κ3) is 6.25. The van der Waals surface area contributed by atoms with Gasteiger partial charge in [-0.1, -0.05) is 72.3 Å². The number of benzene rings is 3. The number of halogens is 1. The average Bonchev–Trinajstić information content (AvgIpc) is 2.79. The van der Waals surface area contributed by atoms with E-state index < -0.39 is 0 Å². The highest BCUT2D eigenvalue weighted by Gasteiger charge is 2.07. The Morgan fingerprint density at radius 1 is 0.774 bits per heavy atom. The van der Waals surface area contributed by atoms with Crippen LogP contribution >= 0.6 is 11.6 Å². The van der Waals surface area contributed by atoms with Crippen LogP contribution in [0.15, 0.2) is 90.0 Å². The number of nitrogens with zero attached hydrogens (tertiary/aromatic N) is 4. The second-order valence-corrected chi connectivity index (χ2v) is 7.00. The molecule has 0 saturated carbocycles. The molecule has 3 aromatic carbocycles. The fourth-order valence-corrected chi connectivity index (χ4v) is 2.94. The molecule has 8 heteroatoms. The van der Waals surface area contributed by atoms with E-state index in [1.807, 2.05) is 84.9 Å². The van der Waals surface area contributed by atoms with Gasteiger partial charge < -0.3 is 10.6 Å². The summed E-state index contributed by atoms with van der Waals surface area (Å²) in [6, 6.07) is 27.1. The number of anilines is 4. The first-order valence-electron chi connectivity index (χ1n) is 9.65. The Hall–Kier alpha value is -3.97. The standard InChI is InChI=1S/C23H20ClN7/c24-19-11-7-10-18(14-19)16-26-31-23-29-21(25-15-17-8-3-1-4-9-17)28-22(30-23)27-20-12-5-2-6-13-20/h1-14,16H,15H2,(H3,25,27,28,29,30,31)/b26-16+. The lowest BCUT2D eigenvalue weighted by Gasteiger charge is -2.10. The molecule has 0 bridgehead atoms. The van der Waals surface area contributed by atoms with Crippen LogP contribution in [0, 0.1) is 0 Å². The van der Waals surface area contributed by atoms with Crippen molar-refractivity contribution in [1.82, 2.24) is 15.0 Å². The summed E-state index contributed by atoms with van der Waals surface area (Å²) in [6.45, 7) is 0.584. The Bertz CT molecular complexity index is 1150. The maximum atomic E-state index is 6.01. The molecule has 0 aliphatic carbocycles. The van der Waals surface area contributed by atoms with E-state index in [0.29, 0.717) is 29.4 Å². The smallest absolute Gasteiger partial charge is 0.250 e. The molecule has 0 fully saturated rings. The Balaban J connectivity index is 1.52. The number of para-hydroxylation sites is 1. The van der Waals surface area contributed by atoms with Crippen molar-refractivity contribution in [2.45, 2.75) is 6.54 Å². The molecule has 3 N–H and O–H groups in total. The molecule has 154 valence electrons. The molecule has 0 amide bonds. The Labute approximate surface area is 185 Å². The lowest BCUT2D eigenvalue weighted by Crippen LogP contribution is -2.09. The predicted octanol–water partition coefficient (Wildman–Crippen LogP) is 5.33. The maximum Gasteiger partial charge on any atom is 0.250 e. The monoisotopic (exact) mass is 429 g/mol. The lowest BCUT2D eigenvalue weighted by molar-refractivity contribution is 0.999. The van der Waals surface area contributed by atoms with Gasteiger partial charge >= 0.3 is 0 Å². The second-order valence-electron chi connectivity index (χ2n) is 6.56. The molecule has 7 nitrogen and oxygen atoms in total. The van der Waals surface area contributed by atoms with E-state index in [1.165, 1.54) is 0 Å². The van der Waals surface area contributed by atoms with Gasteiger partial charge in [-0.3, -0.25) is 0 Å². The summed E-state index contributed by atoms with van der Waals surface area (Å²) in [5.41, 5.74) is 5.71. The highest BCUT2D eigenvalue weighted by Crippen LogP contribution is 2.16. The minimum atomic E-state index is 0.308. The van der Waals surface area contributed by atoms with E-state index in [0.717, 1.165) is 16.8 Å². The molecular formula is C23H20ClN7. The van der Waals surface area contributed by atoms with Crippen LogP contribution in [0.25, 0.3) is 0 Å². The van der Waals surface area contributed by atoms with Gasteiger partial charge in [-0.2, -0.15) is 20.1 Å². The van der Waals surface area contributed by atoms with E-state index in [-0.39, 0.29) is 0 Å². The SMILES string of the molecule is Clc1cccc(/C=N/Nc2nc(NCc3ccccc3)nc(Nc3ccccc3)n2)c1. The lowest BCUT2D eigenvalue weighted by atomic mass is 10.2.